The van der Waals surface area contributed by atoms with Gasteiger partial charge in [0, 0.05) is 5.70 Å². The van der Waals surface area contributed by atoms with Gasteiger partial charge in [0.1, 0.15) is 0 Å². The van der Waals surface area contributed by atoms with E-state index in [2.05, 4.69) is 11.6 Å². The van der Waals surface area contributed by atoms with Crippen LogP contribution in [-0.4, -0.2) is 9.55 Å². The molecule has 3 nitrogen and oxygen atoms in total. The molecule has 0 saturated carbocycles. The molecule has 76 valence electrons. The van der Waals surface area contributed by atoms with Crippen molar-refractivity contribution in [3.63, 3.8) is 0 Å². The van der Waals surface area contributed by atoms with Gasteiger partial charge in [0.15, 0.2) is 0 Å². The van der Waals surface area contributed by atoms with Gasteiger partial charge in [0.25, 0.3) is 0 Å². The third kappa shape index (κ3) is 1.52. The van der Waals surface area contributed by atoms with Gasteiger partial charge < -0.3 is 4.98 Å². The summed E-state index contributed by atoms with van der Waals surface area (Å²) in [5.41, 5.74) is 2.19. The van der Waals surface area contributed by atoms with Crippen LogP contribution in [0.15, 0.2) is 47.8 Å². The monoisotopic (exact) mass is 200 g/mol. The van der Waals surface area contributed by atoms with Gasteiger partial charge in [-0.3, -0.25) is 4.57 Å². The molecule has 0 spiro atoms. The number of nitrogens with one attached hydrogen (secondary N) is 1. The maximum atomic E-state index is 11.7. The molecule has 0 unspecified atom stereocenters. The lowest BCUT2D eigenvalue weighted by molar-refractivity contribution is 1.05. The zero-order valence-electron chi connectivity index (χ0n) is 8.53. The second kappa shape index (κ2) is 3.61. The molecule has 15 heavy (non-hydrogen) atoms. The fourth-order valence-corrected chi connectivity index (χ4v) is 1.61. The number of benzene rings is 1. The highest BCUT2D eigenvalue weighted by Crippen LogP contribution is 2.13. The molecule has 0 atom stereocenters. The summed E-state index contributed by atoms with van der Waals surface area (Å²) in [6.07, 6.45) is 3.66. The number of aromatic amines is 1. The quantitative estimate of drug-likeness (QED) is 0.742. The Kier molecular flexibility index (Phi) is 2.29. The highest BCUT2D eigenvalue weighted by Gasteiger charge is 2.05. The Balaban J connectivity index is 2.74. The predicted octanol–water partition coefficient (Wildman–Crippen LogP) is 2.38. The van der Waals surface area contributed by atoms with Crippen LogP contribution < -0.4 is 5.69 Å². The van der Waals surface area contributed by atoms with Crippen LogP contribution in [0.2, 0.25) is 0 Å². The SMILES string of the molecule is C=C(/C=C\C)n1c(=O)[nH]c2ccccc21. The minimum atomic E-state index is -0.153. The number of rotatable bonds is 2. The Morgan fingerprint density at radius 1 is 1.47 bits per heavy atom. The highest BCUT2D eigenvalue weighted by atomic mass is 16.1. The third-order valence-corrected chi connectivity index (χ3v) is 2.24. The van der Waals surface area contributed by atoms with Crippen molar-refractivity contribution in [2.75, 3.05) is 0 Å². The van der Waals surface area contributed by atoms with Crippen molar-refractivity contribution >= 4 is 16.7 Å². The molecule has 0 fully saturated rings. The van der Waals surface area contributed by atoms with Crippen LogP contribution >= 0.6 is 0 Å². The Hall–Kier alpha value is -2.03. The Labute approximate surface area is 87.4 Å². The maximum absolute atomic E-state index is 11.7. The standard InChI is InChI=1S/C12H12N2O/c1-3-6-9(2)14-11-8-5-4-7-10(11)13-12(14)15/h3-8H,2H2,1H3,(H,13,15)/b6-3-. The Morgan fingerprint density at radius 2 is 2.20 bits per heavy atom. The first-order valence-corrected chi connectivity index (χ1v) is 4.76. The molecular formula is C12H12N2O. The molecule has 2 aromatic rings. The van der Waals surface area contributed by atoms with E-state index in [-0.39, 0.29) is 5.69 Å². The van der Waals surface area contributed by atoms with Gasteiger partial charge in [-0.2, -0.15) is 0 Å². The summed E-state index contributed by atoms with van der Waals surface area (Å²) in [7, 11) is 0. The normalized spacial score (nSPS) is 11.3. The van der Waals surface area contributed by atoms with E-state index in [9.17, 15) is 4.79 Å². The number of H-pyrrole nitrogens is 1. The minimum absolute atomic E-state index is 0.153. The molecule has 0 saturated heterocycles. The predicted molar refractivity (Wildman–Crippen MR) is 62.7 cm³/mol. The van der Waals surface area contributed by atoms with E-state index in [1.54, 1.807) is 4.57 Å². The van der Waals surface area contributed by atoms with Crippen molar-refractivity contribution in [3.05, 3.63) is 53.5 Å². The molecule has 0 aliphatic heterocycles. The first-order chi connectivity index (χ1) is 7.24. The van der Waals surface area contributed by atoms with E-state index in [4.69, 9.17) is 0 Å². The minimum Gasteiger partial charge on any atom is -0.305 e. The third-order valence-electron chi connectivity index (χ3n) is 2.24. The lowest BCUT2D eigenvalue weighted by Crippen LogP contribution is -2.14. The van der Waals surface area contributed by atoms with Crippen molar-refractivity contribution in [2.45, 2.75) is 6.92 Å². The average Bonchev–Trinajstić information content (AvgIpc) is 2.54. The van der Waals surface area contributed by atoms with Gasteiger partial charge in [-0.25, -0.2) is 4.79 Å². The molecule has 1 aromatic heterocycles. The molecule has 1 N–H and O–H groups in total. The first-order valence-electron chi connectivity index (χ1n) is 4.76. The molecule has 2 rings (SSSR count). The van der Waals surface area contributed by atoms with Crippen molar-refractivity contribution in [1.29, 1.82) is 0 Å². The number of imidazole rings is 1. The van der Waals surface area contributed by atoms with Crippen LogP contribution in [0.5, 0.6) is 0 Å². The van der Waals surface area contributed by atoms with Gasteiger partial charge in [-0.05, 0) is 25.1 Å². The number of nitrogens with zero attached hydrogens (tertiary/aromatic N) is 1. The summed E-state index contributed by atoms with van der Waals surface area (Å²) < 4.78 is 1.56. The summed E-state index contributed by atoms with van der Waals surface area (Å²) >= 11 is 0. The van der Waals surface area contributed by atoms with Crippen LogP contribution in [0.25, 0.3) is 16.7 Å². The molecule has 0 aliphatic rings. The van der Waals surface area contributed by atoms with E-state index in [1.165, 1.54) is 0 Å². The van der Waals surface area contributed by atoms with E-state index in [0.29, 0.717) is 5.70 Å². The Morgan fingerprint density at radius 3 is 2.93 bits per heavy atom. The summed E-state index contributed by atoms with van der Waals surface area (Å²) in [6, 6.07) is 7.55. The van der Waals surface area contributed by atoms with Crippen molar-refractivity contribution < 1.29 is 0 Å². The molecule has 0 amide bonds. The van der Waals surface area contributed by atoms with Crippen LogP contribution in [0, 0.1) is 0 Å². The average molecular weight is 200 g/mol. The van der Waals surface area contributed by atoms with Crippen molar-refractivity contribution in [1.82, 2.24) is 9.55 Å². The number of hydrogen-bond donors (Lipinski definition) is 1. The smallest absolute Gasteiger partial charge is 0.305 e. The molecular weight excluding hydrogens is 188 g/mol. The van der Waals surface area contributed by atoms with Gasteiger partial charge in [0.2, 0.25) is 0 Å². The largest absolute Gasteiger partial charge is 0.331 e. The topological polar surface area (TPSA) is 37.8 Å². The van der Waals surface area contributed by atoms with Crippen LogP contribution in [0.1, 0.15) is 6.92 Å². The number of aromatic nitrogens is 2. The molecule has 1 heterocycles. The lowest BCUT2D eigenvalue weighted by atomic mass is 10.3. The lowest BCUT2D eigenvalue weighted by Gasteiger charge is -2.00. The fourth-order valence-electron chi connectivity index (χ4n) is 1.61. The van der Waals surface area contributed by atoms with Gasteiger partial charge in [0.05, 0.1) is 11.0 Å². The zero-order valence-corrected chi connectivity index (χ0v) is 8.53. The van der Waals surface area contributed by atoms with Crippen LogP contribution in [0.3, 0.4) is 0 Å². The summed E-state index contributed by atoms with van der Waals surface area (Å²) in [4.78, 5) is 14.4. The molecule has 0 bridgehead atoms. The van der Waals surface area contributed by atoms with Crippen molar-refractivity contribution in [2.24, 2.45) is 0 Å². The number of allylic oxidation sites excluding steroid dienone is 3. The molecule has 0 radical (unpaired) electrons. The number of hydrogen-bond acceptors (Lipinski definition) is 1. The first kappa shape index (κ1) is 9.52. The summed E-state index contributed by atoms with van der Waals surface area (Å²) in [5, 5.41) is 0. The summed E-state index contributed by atoms with van der Waals surface area (Å²) in [5.74, 6) is 0. The number of fused-ring (bicyclic) bond motifs is 1. The van der Waals surface area contributed by atoms with E-state index in [0.717, 1.165) is 11.0 Å². The number of para-hydroxylation sites is 2. The van der Waals surface area contributed by atoms with E-state index < -0.39 is 0 Å². The van der Waals surface area contributed by atoms with Gasteiger partial charge in [-0.1, -0.05) is 24.8 Å². The van der Waals surface area contributed by atoms with Gasteiger partial charge in [-0.15, -0.1) is 0 Å². The maximum Gasteiger partial charge on any atom is 0.331 e. The Bertz CT molecular complexity index is 587. The fraction of sp³-hybridized carbons (Fsp3) is 0.0833. The zero-order chi connectivity index (χ0) is 10.8. The summed E-state index contributed by atoms with van der Waals surface area (Å²) in [6.45, 7) is 5.75. The molecule has 1 aromatic carbocycles. The van der Waals surface area contributed by atoms with Gasteiger partial charge >= 0.3 is 5.69 Å². The van der Waals surface area contributed by atoms with Crippen LogP contribution in [0.4, 0.5) is 0 Å². The van der Waals surface area contributed by atoms with E-state index in [1.807, 2.05) is 43.3 Å². The molecule has 0 aliphatic carbocycles. The second-order valence-electron chi connectivity index (χ2n) is 3.27. The van der Waals surface area contributed by atoms with Crippen molar-refractivity contribution in [3.8, 4) is 0 Å². The second-order valence-corrected chi connectivity index (χ2v) is 3.27. The van der Waals surface area contributed by atoms with Crippen LogP contribution in [-0.2, 0) is 0 Å². The highest BCUT2D eigenvalue weighted by molar-refractivity contribution is 5.80. The van der Waals surface area contributed by atoms with E-state index >= 15 is 0 Å². The molecule has 3 heteroatoms.